The molecule has 3 rings (SSSR count). The van der Waals surface area contributed by atoms with Crippen molar-refractivity contribution in [1.82, 2.24) is 10.3 Å². The molecule has 0 radical (unpaired) electrons. The van der Waals surface area contributed by atoms with Crippen LogP contribution in [0, 0.1) is 6.92 Å². The number of carbonyl (C=O) groups excluding carboxylic acids is 2. The first-order chi connectivity index (χ1) is 11.5. The molecule has 2 aromatic rings. The molecule has 1 fully saturated rings. The Morgan fingerprint density at radius 1 is 1.42 bits per heavy atom. The number of aromatic nitrogens is 1. The molecule has 0 atom stereocenters. The van der Waals surface area contributed by atoms with Crippen molar-refractivity contribution in [1.29, 1.82) is 0 Å². The Labute approximate surface area is 137 Å². The van der Waals surface area contributed by atoms with Gasteiger partial charge in [0, 0.05) is 18.4 Å². The topological polar surface area (TPSA) is 112 Å². The predicted octanol–water partition coefficient (Wildman–Crippen LogP) is 1.49. The van der Waals surface area contributed by atoms with E-state index in [4.69, 9.17) is 5.11 Å². The number of amides is 3. The highest BCUT2D eigenvalue weighted by Crippen LogP contribution is 2.29. The largest absolute Gasteiger partial charge is 0.480 e. The number of hydrogen-bond acceptors (Lipinski definition) is 5. The van der Waals surface area contributed by atoms with E-state index in [1.165, 1.54) is 4.90 Å². The molecule has 0 spiro atoms. The highest BCUT2D eigenvalue weighted by atomic mass is 16.4. The second-order valence-corrected chi connectivity index (χ2v) is 5.47. The quantitative estimate of drug-likeness (QED) is 0.784. The van der Waals surface area contributed by atoms with Gasteiger partial charge in [0.05, 0.1) is 22.6 Å². The Bertz CT molecular complexity index is 849. The van der Waals surface area contributed by atoms with Crippen LogP contribution in [0.15, 0.2) is 24.3 Å². The van der Waals surface area contributed by atoms with Crippen molar-refractivity contribution in [2.24, 2.45) is 0 Å². The molecule has 24 heavy (non-hydrogen) atoms. The maximum Gasteiger partial charge on any atom is 0.328 e. The number of hydrogen-bond donors (Lipinski definition) is 3. The number of aryl methyl sites for hydroxylation is 1. The highest BCUT2D eigenvalue weighted by molar-refractivity contribution is 6.07. The number of nitrogens with zero attached hydrogens (tertiary/aromatic N) is 2. The van der Waals surface area contributed by atoms with Crippen LogP contribution < -0.4 is 15.5 Å². The summed E-state index contributed by atoms with van der Waals surface area (Å²) in [7, 11) is 0. The normalized spacial score (nSPS) is 14.6. The van der Waals surface area contributed by atoms with Gasteiger partial charge in [-0.05, 0) is 19.1 Å². The van der Waals surface area contributed by atoms with Crippen molar-refractivity contribution >= 4 is 40.2 Å². The summed E-state index contributed by atoms with van der Waals surface area (Å²) in [6, 6.07) is 6.73. The average Bonchev–Trinajstić information content (AvgIpc) is 2.53. The minimum absolute atomic E-state index is 0.210. The molecular formula is C16H16N4O4. The molecule has 0 bridgehead atoms. The van der Waals surface area contributed by atoms with E-state index in [1.54, 1.807) is 19.1 Å². The number of para-hydroxylation sites is 1. The number of nitrogens with one attached hydrogen (secondary N) is 2. The van der Waals surface area contributed by atoms with Gasteiger partial charge in [-0.25, -0.2) is 9.78 Å². The Morgan fingerprint density at radius 3 is 2.92 bits per heavy atom. The standard InChI is InChI=1S/C16H16N4O4/c1-9-12(20-6-5-13(21)19-16(20)24)7-10-3-2-4-11(15(10)18-9)17-8-14(22)23/h2-4,7,17H,5-6,8H2,1H3,(H,22,23)(H,19,21,24). The van der Waals surface area contributed by atoms with Gasteiger partial charge in [0.15, 0.2) is 0 Å². The lowest BCUT2D eigenvalue weighted by Crippen LogP contribution is -2.49. The lowest BCUT2D eigenvalue weighted by atomic mass is 10.1. The van der Waals surface area contributed by atoms with Gasteiger partial charge in [-0.1, -0.05) is 12.1 Å². The summed E-state index contributed by atoms with van der Waals surface area (Å²) >= 11 is 0. The lowest BCUT2D eigenvalue weighted by Gasteiger charge is -2.27. The van der Waals surface area contributed by atoms with E-state index < -0.39 is 12.0 Å². The maximum absolute atomic E-state index is 12.0. The molecule has 0 unspecified atom stereocenters. The third kappa shape index (κ3) is 2.98. The van der Waals surface area contributed by atoms with Gasteiger partial charge >= 0.3 is 12.0 Å². The van der Waals surface area contributed by atoms with Crippen LogP contribution in [-0.2, 0) is 9.59 Å². The predicted molar refractivity (Wildman–Crippen MR) is 88.1 cm³/mol. The maximum atomic E-state index is 12.0. The fraction of sp³-hybridized carbons (Fsp3) is 0.250. The molecule has 0 aliphatic carbocycles. The Balaban J connectivity index is 2.00. The minimum Gasteiger partial charge on any atom is -0.480 e. The molecule has 1 aliphatic heterocycles. The summed E-state index contributed by atoms with van der Waals surface area (Å²) in [5.41, 5.74) is 2.50. The third-order valence-electron chi connectivity index (χ3n) is 3.78. The first kappa shape index (κ1) is 15.7. The minimum atomic E-state index is -0.963. The number of benzene rings is 1. The molecular weight excluding hydrogens is 312 g/mol. The molecule has 0 saturated carbocycles. The highest BCUT2D eigenvalue weighted by Gasteiger charge is 2.26. The van der Waals surface area contributed by atoms with E-state index >= 15 is 0 Å². The number of aliphatic carboxylic acids is 1. The summed E-state index contributed by atoms with van der Waals surface area (Å²) < 4.78 is 0. The monoisotopic (exact) mass is 328 g/mol. The molecule has 2 heterocycles. The number of rotatable bonds is 4. The van der Waals surface area contributed by atoms with Crippen molar-refractivity contribution in [2.75, 3.05) is 23.3 Å². The van der Waals surface area contributed by atoms with E-state index in [0.29, 0.717) is 29.1 Å². The van der Waals surface area contributed by atoms with Gasteiger partial charge in [-0.2, -0.15) is 0 Å². The zero-order valence-electron chi connectivity index (χ0n) is 13.0. The number of pyridine rings is 1. The van der Waals surface area contributed by atoms with Crippen LogP contribution in [0.4, 0.5) is 16.2 Å². The molecule has 124 valence electrons. The summed E-state index contributed by atoms with van der Waals surface area (Å²) in [5.74, 6) is -1.25. The van der Waals surface area contributed by atoms with Crippen LogP contribution >= 0.6 is 0 Å². The molecule has 8 nitrogen and oxygen atoms in total. The van der Waals surface area contributed by atoms with Crippen LogP contribution in [0.3, 0.4) is 0 Å². The fourth-order valence-electron chi connectivity index (χ4n) is 2.66. The zero-order valence-corrected chi connectivity index (χ0v) is 13.0. The second-order valence-electron chi connectivity index (χ2n) is 5.47. The fourth-order valence-corrected chi connectivity index (χ4v) is 2.66. The van der Waals surface area contributed by atoms with Crippen LogP contribution in [0.25, 0.3) is 10.9 Å². The van der Waals surface area contributed by atoms with Gasteiger partial charge in [0.2, 0.25) is 5.91 Å². The number of carboxylic acids is 1. The number of carbonyl (C=O) groups is 3. The molecule has 1 aliphatic rings. The summed E-state index contributed by atoms with van der Waals surface area (Å²) in [4.78, 5) is 40.1. The summed E-state index contributed by atoms with van der Waals surface area (Å²) in [6.07, 6.45) is 0.240. The van der Waals surface area contributed by atoms with Crippen molar-refractivity contribution < 1.29 is 19.5 Å². The first-order valence-corrected chi connectivity index (χ1v) is 7.43. The number of imide groups is 1. The van der Waals surface area contributed by atoms with E-state index in [2.05, 4.69) is 15.6 Å². The van der Waals surface area contributed by atoms with Crippen molar-refractivity contribution in [3.63, 3.8) is 0 Å². The van der Waals surface area contributed by atoms with Crippen LogP contribution in [0.5, 0.6) is 0 Å². The van der Waals surface area contributed by atoms with E-state index in [-0.39, 0.29) is 18.9 Å². The van der Waals surface area contributed by atoms with E-state index in [1.807, 2.05) is 12.1 Å². The van der Waals surface area contributed by atoms with Crippen LogP contribution in [0.2, 0.25) is 0 Å². The smallest absolute Gasteiger partial charge is 0.328 e. The first-order valence-electron chi connectivity index (χ1n) is 7.43. The molecule has 8 heteroatoms. The zero-order chi connectivity index (χ0) is 17.3. The Morgan fingerprint density at radius 2 is 2.21 bits per heavy atom. The number of carboxylic acid groups (broad SMARTS) is 1. The number of urea groups is 1. The molecule has 1 saturated heterocycles. The lowest BCUT2D eigenvalue weighted by molar-refractivity contribution is -0.135. The Kier molecular flexibility index (Phi) is 4.03. The van der Waals surface area contributed by atoms with Crippen LogP contribution in [-0.4, -0.2) is 41.1 Å². The molecule has 1 aromatic carbocycles. The van der Waals surface area contributed by atoms with Crippen molar-refractivity contribution in [2.45, 2.75) is 13.3 Å². The van der Waals surface area contributed by atoms with Gasteiger partial charge in [0.25, 0.3) is 0 Å². The van der Waals surface area contributed by atoms with Crippen molar-refractivity contribution in [3.05, 3.63) is 30.0 Å². The van der Waals surface area contributed by atoms with E-state index in [9.17, 15) is 14.4 Å². The van der Waals surface area contributed by atoms with Gasteiger partial charge < -0.3 is 10.4 Å². The summed E-state index contributed by atoms with van der Waals surface area (Å²) in [5, 5.41) is 14.7. The van der Waals surface area contributed by atoms with Crippen LogP contribution in [0.1, 0.15) is 12.1 Å². The van der Waals surface area contributed by atoms with Gasteiger partial charge in [-0.15, -0.1) is 0 Å². The Hall–Kier alpha value is -3.16. The SMILES string of the molecule is Cc1nc2c(NCC(=O)O)cccc2cc1N1CCC(=O)NC1=O. The number of anilines is 2. The third-order valence-corrected chi connectivity index (χ3v) is 3.78. The molecule has 3 N–H and O–H groups in total. The molecule has 3 amide bonds. The van der Waals surface area contributed by atoms with Gasteiger partial charge in [0.1, 0.15) is 6.54 Å². The molecule has 1 aromatic heterocycles. The van der Waals surface area contributed by atoms with E-state index in [0.717, 1.165) is 5.39 Å². The summed E-state index contributed by atoms with van der Waals surface area (Å²) in [6.45, 7) is 1.86. The average molecular weight is 328 g/mol. The number of fused-ring (bicyclic) bond motifs is 1. The van der Waals surface area contributed by atoms with Crippen molar-refractivity contribution in [3.8, 4) is 0 Å². The second kappa shape index (κ2) is 6.15. The van der Waals surface area contributed by atoms with Gasteiger partial charge in [-0.3, -0.25) is 19.8 Å².